The first-order chi connectivity index (χ1) is 14.2. The van der Waals surface area contributed by atoms with E-state index in [9.17, 15) is 10.1 Å². The van der Waals surface area contributed by atoms with Gasteiger partial charge >= 0.3 is 11.7 Å². The SMILES string of the molecule is CCn1c(=O)n(Cc2ccccc2C#N)c2nc(OC)nc(N3CCNCC3)c21. The van der Waals surface area contributed by atoms with E-state index in [1.54, 1.807) is 15.2 Å². The minimum atomic E-state index is -0.172. The van der Waals surface area contributed by atoms with Gasteiger partial charge in [0.1, 0.15) is 5.52 Å². The highest BCUT2D eigenvalue weighted by Gasteiger charge is 2.24. The van der Waals surface area contributed by atoms with Crippen LogP contribution in [-0.2, 0) is 13.1 Å². The van der Waals surface area contributed by atoms with E-state index in [4.69, 9.17) is 4.74 Å². The highest BCUT2D eigenvalue weighted by Crippen LogP contribution is 2.27. The van der Waals surface area contributed by atoms with E-state index in [0.717, 1.165) is 31.7 Å². The summed E-state index contributed by atoms with van der Waals surface area (Å²) in [5, 5.41) is 12.8. The predicted octanol–water partition coefficient (Wildman–Crippen LogP) is 0.951. The number of piperazine rings is 1. The van der Waals surface area contributed by atoms with Crippen LogP contribution in [0, 0.1) is 11.3 Å². The Morgan fingerprint density at radius 3 is 2.66 bits per heavy atom. The molecule has 4 rings (SSSR count). The molecule has 3 heterocycles. The van der Waals surface area contributed by atoms with Crippen molar-refractivity contribution in [2.45, 2.75) is 20.0 Å². The molecule has 0 saturated carbocycles. The van der Waals surface area contributed by atoms with Gasteiger partial charge in [0.05, 0.1) is 25.3 Å². The second-order valence-corrected chi connectivity index (χ2v) is 6.83. The van der Waals surface area contributed by atoms with E-state index in [-0.39, 0.29) is 18.2 Å². The normalized spacial score (nSPS) is 14.2. The fraction of sp³-hybridized carbons (Fsp3) is 0.400. The standard InChI is InChI=1S/C20H23N7O2/c1-3-26-16-17(25-10-8-22-9-11-25)23-19(29-2)24-18(16)27(20(26)28)13-15-7-5-4-6-14(15)12-21/h4-7,22H,3,8-11,13H2,1-2H3. The molecule has 150 valence electrons. The van der Waals surface area contributed by atoms with E-state index in [0.29, 0.717) is 29.1 Å². The van der Waals surface area contributed by atoms with Crippen LogP contribution in [0.25, 0.3) is 11.2 Å². The Bertz CT molecular complexity index is 1140. The van der Waals surface area contributed by atoms with Crippen molar-refractivity contribution in [1.82, 2.24) is 24.4 Å². The molecule has 1 aliphatic rings. The number of methoxy groups -OCH3 is 1. The third-order valence-electron chi connectivity index (χ3n) is 5.20. The van der Waals surface area contributed by atoms with Crippen LogP contribution >= 0.6 is 0 Å². The molecule has 0 bridgehead atoms. The molecule has 9 nitrogen and oxygen atoms in total. The topological polar surface area (TPSA) is 101 Å². The van der Waals surface area contributed by atoms with E-state index in [1.165, 1.54) is 7.11 Å². The molecule has 1 saturated heterocycles. The van der Waals surface area contributed by atoms with Crippen LogP contribution < -0.4 is 20.6 Å². The summed E-state index contributed by atoms with van der Waals surface area (Å²) in [4.78, 5) is 24.5. The number of ether oxygens (including phenoxy) is 1. The van der Waals surface area contributed by atoms with Gasteiger partial charge in [0, 0.05) is 32.7 Å². The Morgan fingerprint density at radius 1 is 1.21 bits per heavy atom. The fourth-order valence-electron chi connectivity index (χ4n) is 3.74. The Kier molecular flexibility index (Phi) is 5.18. The molecule has 0 atom stereocenters. The number of nitriles is 1. The van der Waals surface area contributed by atoms with Gasteiger partial charge in [0.25, 0.3) is 0 Å². The number of rotatable bonds is 5. The van der Waals surface area contributed by atoms with Crippen LogP contribution in [-0.4, -0.2) is 52.4 Å². The summed E-state index contributed by atoms with van der Waals surface area (Å²) in [7, 11) is 1.52. The molecule has 0 aliphatic carbocycles. The molecule has 1 aromatic carbocycles. The van der Waals surface area contributed by atoms with Crippen molar-refractivity contribution >= 4 is 17.0 Å². The fourth-order valence-corrected chi connectivity index (χ4v) is 3.74. The summed E-state index contributed by atoms with van der Waals surface area (Å²) in [6.07, 6.45) is 0. The summed E-state index contributed by atoms with van der Waals surface area (Å²) < 4.78 is 8.64. The average Bonchev–Trinajstić information content (AvgIpc) is 3.04. The highest BCUT2D eigenvalue weighted by atomic mass is 16.5. The van der Waals surface area contributed by atoms with Gasteiger partial charge in [-0.05, 0) is 18.6 Å². The van der Waals surface area contributed by atoms with Crippen molar-refractivity contribution in [2.75, 3.05) is 38.2 Å². The Hall–Kier alpha value is -3.38. The maximum atomic E-state index is 13.3. The molecule has 1 fully saturated rings. The molecule has 1 N–H and O–H groups in total. The van der Waals surface area contributed by atoms with Crippen LogP contribution in [0.5, 0.6) is 6.01 Å². The van der Waals surface area contributed by atoms with Gasteiger partial charge in [-0.2, -0.15) is 15.2 Å². The number of fused-ring (bicyclic) bond motifs is 1. The maximum absolute atomic E-state index is 13.3. The number of hydrogen-bond donors (Lipinski definition) is 1. The molecule has 0 amide bonds. The van der Waals surface area contributed by atoms with E-state index >= 15 is 0 Å². The number of imidazole rings is 1. The van der Waals surface area contributed by atoms with Crippen LogP contribution in [0.15, 0.2) is 29.1 Å². The molecule has 29 heavy (non-hydrogen) atoms. The summed E-state index contributed by atoms with van der Waals surface area (Å²) in [5.74, 6) is 0.708. The Morgan fingerprint density at radius 2 is 1.97 bits per heavy atom. The van der Waals surface area contributed by atoms with Gasteiger partial charge in [-0.15, -0.1) is 0 Å². The lowest BCUT2D eigenvalue weighted by molar-refractivity contribution is 0.380. The van der Waals surface area contributed by atoms with Gasteiger partial charge in [-0.25, -0.2) is 4.79 Å². The van der Waals surface area contributed by atoms with Gasteiger partial charge in [0.2, 0.25) is 0 Å². The number of anilines is 1. The van der Waals surface area contributed by atoms with E-state index in [2.05, 4.69) is 26.3 Å². The average molecular weight is 393 g/mol. The smallest absolute Gasteiger partial charge is 0.330 e. The number of aryl methyl sites for hydroxylation is 1. The largest absolute Gasteiger partial charge is 0.467 e. The Balaban J connectivity index is 1.95. The highest BCUT2D eigenvalue weighted by molar-refractivity contribution is 5.85. The van der Waals surface area contributed by atoms with Crippen molar-refractivity contribution in [3.05, 3.63) is 45.9 Å². The van der Waals surface area contributed by atoms with Crippen molar-refractivity contribution in [3.8, 4) is 12.1 Å². The van der Waals surface area contributed by atoms with Crippen LogP contribution in [0.2, 0.25) is 0 Å². The van der Waals surface area contributed by atoms with Crippen molar-refractivity contribution in [1.29, 1.82) is 5.26 Å². The first-order valence-corrected chi connectivity index (χ1v) is 9.66. The summed E-state index contributed by atoms with van der Waals surface area (Å²) in [6.45, 7) is 5.95. The van der Waals surface area contributed by atoms with Crippen molar-refractivity contribution in [3.63, 3.8) is 0 Å². The van der Waals surface area contributed by atoms with E-state index in [1.807, 2.05) is 25.1 Å². The third-order valence-corrected chi connectivity index (χ3v) is 5.20. The lowest BCUT2D eigenvalue weighted by Crippen LogP contribution is -2.44. The molecule has 0 spiro atoms. The number of benzene rings is 1. The molecule has 0 radical (unpaired) electrons. The lowest BCUT2D eigenvalue weighted by Gasteiger charge is -2.29. The first-order valence-electron chi connectivity index (χ1n) is 9.66. The monoisotopic (exact) mass is 393 g/mol. The summed E-state index contributed by atoms with van der Waals surface area (Å²) in [5.41, 5.74) is 2.36. The molecule has 0 unspecified atom stereocenters. The second-order valence-electron chi connectivity index (χ2n) is 6.83. The van der Waals surface area contributed by atoms with Crippen molar-refractivity contribution < 1.29 is 4.74 Å². The summed E-state index contributed by atoms with van der Waals surface area (Å²) in [6, 6.07) is 9.70. The number of nitrogens with one attached hydrogen (secondary N) is 1. The molecular formula is C20H23N7O2. The Labute approximate surface area is 168 Å². The lowest BCUT2D eigenvalue weighted by atomic mass is 10.1. The van der Waals surface area contributed by atoms with E-state index < -0.39 is 0 Å². The zero-order valence-electron chi connectivity index (χ0n) is 16.6. The van der Waals surface area contributed by atoms with Crippen LogP contribution in [0.1, 0.15) is 18.1 Å². The molecule has 3 aromatic rings. The predicted molar refractivity (Wildman–Crippen MR) is 109 cm³/mol. The molecule has 9 heteroatoms. The van der Waals surface area contributed by atoms with Gasteiger partial charge in [-0.3, -0.25) is 9.13 Å². The maximum Gasteiger partial charge on any atom is 0.330 e. The number of hydrogen-bond acceptors (Lipinski definition) is 7. The zero-order chi connectivity index (χ0) is 20.4. The first kappa shape index (κ1) is 19.0. The quantitative estimate of drug-likeness (QED) is 0.689. The summed E-state index contributed by atoms with van der Waals surface area (Å²) >= 11 is 0. The third kappa shape index (κ3) is 3.32. The molecular weight excluding hydrogens is 370 g/mol. The zero-order valence-corrected chi connectivity index (χ0v) is 16.6. The minimum Gasteiger partial charge on any atom is -0.467 e. The van der Waals surface area contributed by atoms with Gasteiger partial charge < -0.3 is 15.0 Å². The molecule has 2 aromatic heterocycles. The van der Waals surface area contributed by atoms with Crippen LogP contribution in [0.4, 0.5) is 5.82 Å². The second kappa shape index (κ2) is 7.93. The van der Waals surface area contributed by atoms with Crippen LogP contribution in [0.3, 0.4) is 0 Å². The minimum absolute atomic E-state index is 0.172. The van der Waals surface area contributed by atoms with Crippen molar-refractivity contribution in [2.24, 2.45) is 0 Å². The van der Waals surface area contributed by atoms with Gasteiger partial charge in [0.15, 0.2) is 11.5 Å². The molecule has 1 aliphatic heterocycles. The number of nitrogens with zero attached hydrogens (tertiary/aromatic N) is 6. The number of aromatic nitrogens is 4. The van der Waals surface area contributed by atoms with Gasteiger partial charge in [-0.1, -0.05) is 18.2 Å².